The Morgan fingerprint density at radius 3 is 1.64 bits per heavy atom. The molecule has 0 aliphatic carbocycles. The van der Waals surface area contributed by atoms with E-state index in [2.05, 4.69) is 11.1 Å². The molecule has 2 heterocycles. The SMILES string of the molecule is CCCCCCCCCCCCOS(=O)(=O)[O-].O[C@@H]1CO[C@H]2[C@@H]1OC[C@@H]2O.[Na+]. The molecule has 0 saturated carbocycles. The quantitative estimate of drug-likeness (QED) is 0.172. The molecule has 0 radical (unpaired) electrons. The fourth-order valence-electron chi connectivity index (χ4n) is 3.21. The van der Waals surface area contributed by atoms with Gasteiger partial charge < -0.3 is 24.2 Å². The Hall–Kier alpha value is 0.710. The molecule has 10 heteroatoms. The molecule has 2 saturated heterocycles. The van der Waals surface area contributed by atoms with E-state index in [1.54, 1.807) is 0 Å². The molecule has 162 valence electrons. The van der Waals surface area contributed by atoms with Crippen LogP contribution in [0.1, 0.15) is 71.1 Å². The number of aliphatic hydroxyl groups excluding tert-OH is 2. The summed E-state index contributed by atoms with van der Waals surface area (Å²) in [6.07, 6.45) is 10.00. The number of hydrogen-bond donors (Lipinski definition) is 2. The zero-order valence-corrected chi connectivity index (χ0v) is 20.1. The summed E-state index contributed by atoms with van der Waals surface area (Å²) in [4.78, 5) is 0. The summed E-state index contributed by atoms with van der Waals surface area (Å²) in [6, 6.07) is 0. The molecule has 0 bridgehead atoms. The average molecular weight is 435 g/mol. The molecule has 0 spiro atoms. The first-order chi connectivity index (χ1) is 12.8. The van der Waals surface area contributed by atoms with Gasteiger partial charge in [0.1, 0.15) is 24.4 Å². The van der Waals surface area contributed by atoms with Crippen LogP contribution in [0.4, 0.5) is 0 Å². The van der Waals surface area contributed by atoms with Crippen molar-refractivity contribution >= 4 is 10.4 Å². The van der Waals surface area contributed by atoms with Gasteiger partial charge in [-0.25, -0.2) is 8.42 Å². The molecule has 0 aromatic rings. The Morgan fingerprint density at radius 1 is 0.857 bits per heavy atom. The first-order valence-electron chi connectivity index (χ1n) is 10.0. The standard InChI is InChI=1S/C12H26O4S.C6H10O4.Na/c1-2-3-4-5-6-7-8-9-10-11-12-16-17(13,14)15;7-3-1-9-6-4(8)2-10-5(3)6;/h2-12H2,1H3,(H,13,14,15);3-8H,1-2H2;/q;;+1/p-1/t;3-,4+,5-,6-;/m.1./s1. The molecule has 0 aromatic carbocycles. The maximum Gasteiger partial charge on any atom is 1.00 e. The third kappa shape index (κ3) is 13.1. The maximum atomic E-state index is 10.1. The van der Waals surface area contributed by atoms with Crippen LogP contribution in [-0.4, -0.2) is 67.4 Å². The van der Waals surface area contributed by atoms with E-state index in [1.165, 1.54) is 44.9 Å². The predicted octanol–water partition coefficient (Wildman–Crippen LogP) is -1.11. The Balaban J connectivity index is 0.000000558. The normalized spacial score (nSPS) is 26.3. The minimum absolute atomic E-state index is 0. The molecule has 2 aliphatic rings. The molecule has 4 atom stereocenters. The van der Waals surface area contributed by atoms with E-state index < -0.39 is 22.6 Å². The predicted molar refractivity (Wildman–Crippen MR) is 99.0 cm³/mol. The van der Waals surface area contributed by atoms with Crippen LogP contribution >= 0.6 is 0 Å². The summed E-state index contributed by atoms with van der Waals surface area (Å²) < 4.78 is 44.6. The Kier molecular flexibility index (Phi) is 16.8. The van der Waals surface area contributed by atoms with Crippen molar-refractivity contribution < 1.29 is 66.4 Å². The molecule has 2 aliphatic heterocycles. The van der Waals surface area contributed by atoms with E-state index in [0.717, 1.165) is 12.8 Å². The Bertz CT molecular complexity index is 460. The van der Waals surface area contributed by atoms with E-state index in [1.807, 2.05) is 0 Å². The molecule has 0 aromatic heterocycles. The molecule has 2 N–H and O–H groups in total. The maximum absolute atomic E-state index is 10.1. The smallest absolute Gasteiger partial charge is 0.726 e. The van der Waals surface area contributed by atoms with Gasteiger partial charge in [0.05, 0.1) is 19.8 Å². The first kappa shape index (κ1) is 28.7. The van der Waals surface area contributed by atoms with Crippen LogP contribution in [-0.2, 0) is 24.1 Å². The van der Waals surface area contributed by atoms with Gasteiger partial charge >= 0.3 is 29.6 Å². The summed E-state index contributed by atoms with van der Waals surface area (Å²) in [5.41, 5.74) is 0. The monoisotopic (exact) mass is 434 g/mol. The third-order valence-corrected chi connectivity index (χ3v) is 5.18. The fourth-order valence-corrected chi connectivity index (χ4v) is 3.53. The van der Waals surface area contributed by atoms with Crippen molar-refractivity contribution in [1.29, 1.82) is 0 Å². The zero-order chi connectivity index (χ0) is 20.1. The average Bonchev–Trinajstić information content (AvgIpc) is 3.16. The number of fused-ring (bicyclic) bond motifs is 1. The third-order valence-electron chi connectivity index (χ3n) is 4.73. The van der Waals surface area contributed by atoms with E-state index in [4.69, 9.17) is 19.7 Å². The molecule has 28 heavy (non-hydrogen) atoms. The van der Waals surface area contributed by atoms with E-state index in [-0.39, 0.29) is 61.6 Å². The number of unbranched alkanes of at least 4 members (excludes halogenated alkanes) is 9. The molecular weight excluding hydrogens is 399 g/mol. The van der Waals surface area contributed by atoms with Crippen molar-refractivity contribution in [3.05, 3.63) is 0 Å². The van der Waals surface area contributed by atoms with Crippen LogP contribution in [0.15, 0.2) is 0 Å². The summed E-state index contributed by atoms with van der Waals surface area (Å²) in [5.74, 6) is 0. The summed E-state index contributed by atoms with van der Waals surface area (Å²) in [5, 5.41) is 18.3. The molecule has 0 amide bonds. The van der Waals surface area contributed by atoms with Crippen molar-refractivity contribution in [2.45, 2.75) is 95.5 Å². The topological polar surface area (TPSA) is 125 Å². The van der Waals surface area contributed by atoms with Crippen molar-refractivity contribution in [2.24, 2.45) is 0 Å². The molecule has 2 rings (SSSR count). The van der Waals surface area contributed by atoms with Crippen LogP contribution < -0.4 is 29.6 Å². The summed E-state index contributed by atoms with van der Waals surface area (Å²) >= 11 is 0. The number of rotatable bonds is 12. The van der Waals surface area contributed by atoms with Gasteiger partial charge in [0.2, 0.25) is 10.4 Å². The molecule has 2 fully saturated rings. The molecule has 8 nitrogen and oxygen atoms in total. The Labute approximate surface area is 191 Å². The Morgan fingerprint density at radius 2 is 1.25 bits per heavy atom. The second-order valence-electron chi connectivity index (χ2n) is 7.14. The van der Waals surface area contributed by atoms with Gasteiger partial charge in [-0.05, 0) is 6.42 Å². The second kappa shape index (κ2) is 16.4. The number of aliphatic hydroxyl groups is 2. The molecular formula is C18H35NaO8S. The second-order valence-corrected chi connectivity index (χ2v) is 8.19. The van der Waals surface area contributed by atoms with Crippen LogP contribution in [0, 0.1) is 0 Å². The van der Waals surface area contributed by atoms with E-state index in [0.29, 0.717) is 6.42 Å². The van der Waals surface area contributed by atoms with Crippen LogP contribution in [0.25, 0.3) is 0 Å². The first-order valence-corrected chi connectivity index (χ1v) is 11.4. The van der Waals surface area contributed by atoms with E-state index >= 15 is 0 Å². The van der Waals surface area contributed by atoms with Gasteiger partial charge in [-0.15, -0.1) is 0 Å². The van der Waals surface area contributed by atoms with Gasteiger partial charge in [-0.1, -0.05) is 64.7 Å². The van der Waals surface area contributed by atoms with Gasteiger partial charge in [0.25, 0.3) is 0 Å². The zero-order valence-electron chi connectivity index (χ0n) is 17.3. The minimum atomic E-state index is -4.48. The van der Waals surface area contributed by atoms with Gasteiger partial charge in [-0.3, -0.25) is 4.18 Å². The van der Waals surface area contributed by atoms with Crippen molar-refractivity contribution in [1.82, 2.24) is 0 Å². The van der Waals surface area contributed by atoms with Gasteiger partial charge in [0, 0.05) is 0 Å². The summed E-state index contributed by atoms with van der Waals surface area (Å²) in [7, 11) is -4.48. The number of hydrogen-bond acceptors (Lipinski definition) is 8. The minimum Gasteiger partial charge on any atom is -0.726 e. The fraction of sp³-hybridized carbons (Fsp3) is 1.00. The van der Waals surface area contributed by atoms with Crippen molar-refractivity contribution in [3.63, 3.8) is 0 Å². The van der Waals surface area contributed by atoms with E-state index in [9.17, 15) is 13.0 Å². The summed E-state index contributed by atoms with van der Waals surface area (Å²) in [6.45, 7) is 2.81. The van der Waals surface area contributed by atoms with Crippen LogP contribution in [0.5, 0.6) is 0 Å². The van der Waals surface area contributed by atoms with Crippen LogP contribution in [0.3, 0.4) is 0 Å². The number of ether oxygens (including phenoxy) is 2. The van der Waals surface area contributed by atoms with Gasteiger partial charge in [0.15, 0.2) is 0 Å². The van der Waals surface area contributed by atoms with Gasteiger partial charge in [-0.2, -0.15) is 0 Å². The van der Waals surface area contributed by atoms with Crippen LogP contribution in [0.2, 0.25) is 0 Å². The van der Waals surface area contributed by atoms with Crippen molar-refractivity contribution in [2.75, 3.05) is 19.8 Å². The largest absolute Gasteiger partial charge is 1.00 e. The van der Waals surface area contributed by atoms with Crippen molar-refractivity contribution in [3.8, 4) is 0 Å². The molecule has 0 unspecified atom stereocenters.